The zero-order valence-corrected chi connectivity index (χ0v) is 9.29. The van der Waals surface area contributed by atoms with Crippen molar-refractivity contribution in [2.24, 2.45) is 5.92 Å². The van der Waals surface area contributed by atoms with Gasteiger partial charge in [0.05, 0.1) is 0 Å². The molecule has 78 valence electrons. The van der Waals surface area contributed by atoms with E-state index in [4.69, 9.17) is 0 Å². The largest absolute Gasteiger partial charge is 0.294 e. The predicted octanol–water partition coefficient (Wildman–Crippen LogP) is 3.38. The molecule has 1 unspecified atom stereocenters. The van der Waals surface area contributed by atoms with Crippen LogP contribution in [0.5, 0.6) is 0 Å². The molecule has 1 fully saturated rings. The van der Waals surface area contributed by atoms with E-state index in [1.807, 2.05) is 13.0 Å². The molecular weight excluding hydrogens is 184 g/mol. The zero-order valence-electron chi connectivity index (χ0n) is 9.29. The lowest BCUT2D eigenvalue weighted by molar-refractivity contribution is -0.117. The summed E-state index contributed by atoms with van der Waals surface area (Å²) in [4.78, 5) is 11.7. The highest BCUT2D eigenvalue weighted by molar-refractivity contribution is 6.02. The van der Waals surface area contributed by atoms with Gasteiger partial charge < -0.3 is 0 Å². The Hall–Kier alpha value is -1.37. The molecule has 0 heterocycles. The first-order valence-corrected chi connectivity index (χ1v) is 5.48. The van der Waals surface area contributed by atoms with Gasteiger partial charge in [-0.3, -0.25) is 4.79 Å². The number of benzene rings is 1. The Balaban J connectivity index is 2.24. The fraction of sp³-hybridized carbons (Fsp3) is 0.357. The summed E-state index contributed by atoms with van der Waals surface area (Å²) in [6.07, 6.45) is 3.98. The van der Waals surface area contributed by atoms with E-state index in [1.54, 1.807) is 0 Å². The average Bonchev–Trinajstić information content (AvgIpc) is 2.53. The topological polar surface area (TPSA) is 17.1 Å². The molecule has 0 amide bonds. The van der Waals surface area contributed by atoms with Gasteiger partial charge in [-0.05, 0) is 37.0 Å². The quantitative estimate of drug-likeness (QED) is 0.635. The second kappa shape index (κ2) is 4.01. The number of carbonyl (C=O) groups excluding carboxylic acids is 1. The van der Waals surface area contributed by atoms with Crippen LogP contribution in [0.25, 0.3) is 6.08 Å². The molecular formula is C14H16O. The molecule has 1 nitrogen and oxygen atoms in total. The van der Waals surface area contributed by atoms with Crippen molar-refractivity contribution in [1.82, 2.24) is 0 Å². The van der Waals surface area contributed by atoms with Gasteiger partial charge in [-0.25, -0.2) is 0 Å². The third-order valence-corrected chi connectivity index (χ3v) is 3.03. The Morgan fingerprint density at radius 3 is 2.47 bits per heavy atom. The first-order valence-electron chi connectivity index (χ1n) is 5.48. The molecule has 0 aromatic heterocycles. The molecule has 1 heteroatoms. The Morgan fingerprint density at radius 2 is 1.93 bits per heavy atom. The van der Waals surface area contributed by atoms with E-state index in [9.17, 15) is 4.79 Å². The van der Waals surface area contributed by atoms with E-state index in [0.29, 0.717) is 5.78 Å². The average molecular weight is 200 g/mol. The minimum Gasteiger partial charge on any atom is -0.294 e. The smallest absolute Gasteiger partial charge is 0.161 e. The monoisotopic (exact) mass is 200 g/mol. The lowest BCUT2D eigenvalue weighted by atomic mass is 10.1. The summed E-state index contributed by atoms with van der Waals surface area (Å²) in [5.74, 6) is 0.553. The molecule has 0 N–H and O–H groups in total. The maximum Gasteiger partial charge on any atom is 0.161 e. The summed E-state index contributed by atoms with van der Waals surface area (Å²) < 4.78 is 0. The lowest BCUT2D eigenvalue weighted by Crippen LogP contribution is -2.02. The van der Waals surface area contributed by atoms with E-state index in [2.05, 4.69) is 31.2 Å². The molecule has 0 bridgehead atoms. The van der Waals surface area contributed by atoms with Crippen LogP contribution in [-0.2, 0) is 4.79 Å². The van der Waals surface area contributed by atoms with Crippen molar-refractivity contribution in [2.45, 2.75) is 26.7 Å². The van der Waals surface area contributed by atoms with E-state index in [0.717, 1.165) is 24.0 Å². The molecule has 0 radical (unpaired) electrons. The standard InChI is InChI=1S/C14H16O/c1-10-3-6-12(7-4-10)9-13-8-5-11(2)14(13)15/h3-4,6-7,9,11H,5,8H2,1-2H3/b13-9+. The van der Waals surface area contributed by atoms with Crippen molar-refractivity contribution >= 4 is 11.9 Å². The molecule has 1 saturated carbocycles. The van der Waals surface area contributed by atoms with Crippen LogP contribution in [0.3, 0.4) is 0 Å². The minimum atomic E-state index is 0.224. The number of carbonyl (C=O) groups is 1. The summed E-state index contributed by atoms with van der Waals surface area (Å²) in [5.41, 5.74) is 3.38. The van der Waals surface area contributed by atoms with E-state index in [-0.39, 0.29) is 5.92 Å². The number of ketones is 1. The second-order valence-electron chi connectivity index (χ2n) is 4.38. The van der Waals surface area contributed by atoms with Gasteiger partial charge in [0.15, 0.2) is 5.78 Å². The number of aryl methyl sites for hydroxylation is 1. The van der Waals surface area contributed by atoms with Gasteiger partial charge in [-0.1, -0.05) is 36.8 Å². The van der Waals surface area contributed by atoms with Crippen molar-refractivity contribution in [3.8, 4) is 0 Å². The van der Waals surface area contributed by atoms with Crippen LogP contribution >= 0.6 is 0 Å². The van der Waals surface area contributed by atoms with Crippen molar-refractivity contribution in [2.75, 3.05) is 0 Å². The Bertz CT molecular complexity index is 398. The zero-order chi connectivity index (χ0) is 10.8. The third-order valence-electron chi connectivity index (χ3n) is 3.03. The maximum absolute atomic E-state index is 11.7. The molecule has 0 saturated heterocycles. The molecule has 0 aliphatic heterocycles. The first-order chi connectivity index (χ1) is 7.16. The summed E-state index contributed by atoms with van der Waals surface area (Å²) in [6.45, 7) is 4.08. The molecule has 2 rings (SSSR count). The third kappa shape index (κ3) is 2.17. The molecule has 1 aliphatic carbocycles. The lowest BCUT2D eigenvalue weighted by Gasteiger charge is -1.98. The number of rotatable bonds is 1. The summed E-state index contributed by atoms with van der Waals surface area (Å²) in [7, 11) is 0. The highest BCUT2D eigenvalue weighted by Crippen LogP contribution is 2.27. The number of allylic oxidation sites excluding steroid dienone is 1. The van der Waals surface area contributed by atoms with Crippen LogP contribution in [0.15, 0.2) is 29.8 Å². The van der Waals surface area contributed by atoms with Crippen LogP contribution in [0.2, 0.25) is 0 Å². The maximum atomic E-state index is 11.7. The van der Waals surface area contributed by atoms with Gasteiger partial charge in [-0.2, -0.15) is 0 Å². The molecule has 1 atom stereocenters. The summed E-state index contributed by atoms with van der Waals surface area (Å²) >= 11 is 0. The van der Waals surface area contributed by atoms with Gasteiger partial charge in [0.2, 0.25) is 0 Å². The number of hydrogen-bond donors (Lipinski definition) is 0. The van der Waals surface area contributed by atoms with E-state index < -0.39 is 0 Å². The van der Waals surface area contributed by atoms with Gasteiger partial charge in [0.1, 0.15) is 0 Å². The molecule has 15 heavy (non-hydrogen) atoms. The Kier molecular flexibility index (Phi) is 2.72. The number of hydrogen-bond acceptors (Lipinski definition) is 1. The summed E-state index contributed by atoms with van der Waals surface area (Å²) in [6, 6.07) is 8.29. The molecule has 1 aromatic rings. The van der Waals surface area contributed by atoms with Gasteiger partial charge in [0.25, 0.3) is 0 Å². The second-order valence-corrected chi connectivity index (χ2v) is 4.38. The van der Waals surface area contributed by atoms with Crippen molar-refractivity contribution in [3.05, 3.63) is 41.0 Å². The number of Topliss-reactive ketones (excluding diaryl/α,β-unsaturated/α-hetero) is 1. The highest BCUT2D eigenvalue weighted by Gasteiger charge is 2.24. The van der Waals surface area contributed by atoms with Crippen LogP contribution in [0.1, 0.15) is 30.9 Å². The fourth-order valence-electron chi connectivity index (χ4n) is 1.95. The van der Waals surface area contributed by atoms with Gasteiger partial charge >= 0.3 is 0 Å². The SMILES string of the molecule is Cc1ccc(/C=C2\CCC(C)C2=O)cc1. The molecule has 1 aromatic carbocycles. The van der Waals surface area contributed by atoms with Crippen LogP contribution in [0, 0.1) is 12.8 Å². The molecule has 1 aliphatic rings. The Morgan fingerprint density at radius 1 is 1.27 bits per heavy atom. The van der Waals surface area contributed by atoms with Crippen molar-refractivity contribution in [3.63, 3.8) is 0 Å². The predicted molar refractivity (Wildman–Crippen MR) is 62.6 cm³/mol. The van der Waals surface area contributed by atoms with Crippen molar-refractivity contribution in [1.29, 1.82) is 0 Å². The van der Waals surface area contributed by atoms with E-state index in [1.165, 1.54) is 5.56 Å². The van der Waals surface area contributed by atoms with Gasteiger partial charge in [-0.15, -0.1) is 0 Å². The first kappa shape index (κ1) is 10.2. The molecule has 0 spiro atoms. The van der Waals surface area contributed by atoms with E-state index >= 15 is 0 Å². The highest BCUT2D eigenvalue weighted by atomic mass is 16.1. The van der Waals surface area contributed by atoms with Crippen LogP contribution < -0.4 is 0 Å². The van der Waals surface area contributed by atoms with Crippen LogP contribution in [0.4, 0.5) is 0 Å². The fourth-order valence-corrected chi connectivity index (χ4v) is 1.95. The minimum absolute atomic E-state index is 0.224. The van der Waals surface area contributed by atoms with Gasteiger partial charge in [0, 0.05) is 5.92 Å². The summed E-state index contributed by atoms with van der Waals surface area (Å²) in [5, 5.41) is 0. The normalized spacial score (nSPS) is 23.7. The van der Waals surface area contributed by atoms with Crippen molar-refractivity contribution < 1.29 is 4.79 Å². The van der Waals surface area contributed by atoms with Crippen LogP contribution in [-0.4, -0.2) is 5.78 Å². The Labute approximate surface area is 90.8 Å².